The maximum Gasteiger partial charge on any atom is 0.266 e. The Morgan fingerprint density at radius 3 is 2.97 bits per heavy atom. The van der Waals surface area contributed by atoms with E-state index in [1.165, 1.54) is 18.0 Å². The molecule has 0 fully saturated rings. The molecule has 0 unspecified atom stereocenters. The van der Waals surface area contributed by atoms with Crippen LogP contribution < -0.4 is 15.6 Å². The number of amides is 1. The second-order valence-corrected chi connectivity index (χ2v) is 7.14. The third-order valence-electron chi connectivity index (χ3n) is 4.75. The first-order chi connectivity index (χ1) is 15.1. The molecule has 0 saturated carbocycles. The molecule has 160 valence electrons. The van der Waals surface area contributed by atoms with Crippen molar-refractivity contribution in [3.8, 4) is 17.0 Å². The van der Waals surface area contributed by atoms with Crippen molar-refractivity contribution in [2.45, 2.75) is 19.4 Å². The molecule has 1 amide bonds. The largest absolute Gasteiger partial charge is 0.497 e. The number of halogens is 1. The number of fused-ring (bicyclic) bond motifs is 1. The fraction of sp³-hybridized carbons (Fsp3) is 0.238. The van der Waals surface area contributed by atoms with E-state index in [4.69, 9.17) is 25.3 Å². The van der Waals surface area contributed by atoms with E-state index in [-0.39, 0.29) is 41.2 Å². The minimum atomic E-state index is -0.372. The first-order valence-electron chi connectivity index (χ1n) is 9.54. The van der Waals surface area contributed by atoms with Gasteiger partial charge >= 0.3 is 0 Å². The highest BCUT2D eigenvalue weighted by Crippen LogP contribution is 2.33. The van der Waals surface area contributed by atoms with Crippen LogP contribution in [-0.4, -0.2) is 34.3 Å². The number of carbonyl (C=O) groups excluding carboxylic acids is 1. The summed E-state index contributed by atoms with van der Waals surface area (Å²) < 4.78 is 17.0. The van der Waals surface area contributed by atoms with Gasteiger partial charge in [-0.1, -0.05) is 16.8 Å². The van der Waals surface area contributed by atoms with Crippen LogP contribution in [0, 0.1) is 0 Å². The molecule has 0 atom stereocenters. The van der Waals surface area contributed by atoms with E-state index in [2.05, 4.69) is 15.5 Å². The molecular formula is C21H19ClN4O5. The Balaban J connectivity index is 1.51. The van der Waals surface area contributed by atoms with E-state index in [0.29, 0.717) is 29.3 Å². The summed E-state index contributed by atoms with van der Waals surface area (Å²) in [6, 6.07) is 8.67. The zero-order valence-corrected chi connectivity index (χ0v) is 17.4. The summed E-state index contributed by atoms with van der Waals surface area (Å²) in [5, 5.41) is 7.37. The number of carbonyl (C=O) groups is 1. The lowest BCUT2D eigenvalue weighted by atomic mass is 10.1. The smallest absolute Gasteiger partial charge is 0.266 e. The molecule has 0 aliphatic carbocycles. The van der Waals surface area contributed by atoms with Gasteiger partial charge in [-0.05, 0) is 30.3 Å². The van der Waals surface area contributed by atoms with Gasteiger partial charge < -0.3 is 19.0 Å². The number of rotatable bonds is 8. The van der Waals surface area contributed by atoms with Crippen LogP contribution >= 0.6 is 11.6 Å². The number of methoxy groups -OCH3 is 1. The Labute approximate surface area is 181 Å². The van der Waals surface area contributed by atoms with Crippen LogP contribution in [0.25, 0.3) is 22.4 Å². The molecule has 0 bridgehead atoms. The Hall–Kier alpha value is -3.59. The van der Waals surface area contributed by atoms with Crippen LogP contribution in [0.5, 0.6) is 5.75 Å². The average molecular weight is 443 g/mol. The Bertz CT molecular complexity index is 1260. The van der Waals surface area contributed by atoms with Crippen LogP contribution in [0.4, 0.5) is 0 Å². The third-order valence-corrected chi connectivity index (χ3v) is 5.07. The van der Waals surface area contributed by atoms with Crippen LogP contribution in [0.15, 0.2) is 56.7 Å². The minimum Gasteiger partial charge on any atom is -0.497 e. The summed E-state index contributed by atoms with van der Waals surface area (Å²) in [5.41, 5.74) is 0.488. The molecule has 1 N–H and O–H groups in total. The van der Waals surface area contributed by atoms with Gasteiger partial charge in [0.1, 0.15) is 28.9 Å². The quantitative estimate of drug-likeness (QED) is 0.446. The standard InChI is InChI=1S/C21H19ClN4O5/c1-29-14-4-5-16(22)15(11-14)19-18-20(31-25-19)24-12-26(21(18)28)9-7-17(27)23-8-6-13-3-2-10-30-13/h2-5,10-12H,6-9H2,1H3,(H,23,27). The zero-order chi connectivity index (χ0) is 21.8. The monoisotopic (exact) mass is 442 g/mol. The average Bonchev–Trinajstić information content (AvgIpc) is 3.44. The summed E-state index contributed by atoms with van der Waals surface area (Å²) in [6.07, 6.45) is 3.64. The number of aryl methyl sites for hydroxylation is 1. The highest BCUT2D eigenvalue weighted by molar-refractivity contribution is 6.33. The van der Waals surface area contributed by atoms with E-state index in [0.717, 1.165) is 5.76 Å². The Morgan fingerprint density at radius 1 is 1.32 bits per heavy atom. The van der Waals surface area contributed by atoms with Gasteiger partial charge in [-0.15, -0.1) is 0 Å². The number of nitrogens with zero attached hydrogens (tertiary/aromatic N) is 3. The van der Waals surface area contributed by atoms with Crippen LogP contribution in [0.3, 0.4) is 0 Å². The summed E-state index contributed by atoms with van der Waals surface area (Å²) in [5.74, 6) is 1.17. The molecule has 9 nitrogen and oxygen atoms in total. The van der Waals surface area contributed by atoms with Crippen molar-refractivity contribution in [1.82, 2.24) is 20.0 Å². The summed E-state index contributed by atoms with van der Waals surface area (Å²) in [7, 11) is 1.53. The molecule has 10 heteroatoms. The van der Waals surface area contributed by atoms with Crippen molar-refractivity contribution < 1.29 is 18.5 Å². The lowest BCUT2D eigenvalue weighted by Gasteiger charge is -2.07. The number of nitrogens with one attached hydrogen (secondary N) is 1. The van der Waals surface area contributed by atoms with E-state index >= 15 is 0 Å². The number of ether oxygens (including phenoxy) is 1. The number of furan rings is 1. The predicted molar refractivity (Wildman–Crippen MR) is 113 cm³/mol. The molecule has 0 aliphatic heterocycles. The van der Waals surface area contributed by atoms with Gasteiger partial charge in [0.05, 0.1) is 18.4 Å². The Morgan fingerprint density at radius 2 is 2.19 bits per heavy atom. The van der Waals surface area contributed by atoms with Crippen LogP contribution in [0.1, 0.15) is 12.2 Å². The second kappa shape index (κ2) is 9.05. The molecule has 1 aromatic carbocycles. The number of aromatic nitrogens is 3. The van der Waals surface area contributed by atoms with Crippen LogP contribution in [-0.2, 0) is 17.8 Å². The maximum absolute atomic E-state index is 13.0. The van der Waals surface area contributed by atoms with Gasteiger partial charge in [-0.25, -0.2) is 4.98 Å². The van der Waals surface area contributed by atoms with Crippen molar-refractivity contribution in [1.29, 1.82) is 0 Å². The minimum absolute atomic E-state index is 0.0954. The summed E-state index contributed by atoms with van der Waals surface area (Å²) >= 11 is 6.30. The lowest BCUT2D eigenvalue weighted by molar-refractivity contribution is -0.121. The van der Waals surface area contributed by atoms with Gasteiger partial charge in [0, 0.05) is 31.5 Å². The van der Waals surface area contributed by atoms with Crippen molar-refractivity contribution in [2.75, 3.05) is 13.7 Å². The molecule has 0 saturated heterocycles. The normalized spacial score (nSPS) is 11.0. The van der Waals surface area contributed by atoms with Gasteiger partial charge in [0.2, 0.25) is 5.91 Å². The summed E-state index contributed by atoms with van der Waals surface area (Å²) in [4.78, 5) is 29.3. The third kappa shape index (κ3) is 4.46. The van der Waals surface area contributed by atoms with Gasteiger partial charge in [-0.2, -0.15) is 0 Å². The fourth-order valence-corrected chi connectivity index (χ4v) is 3.33. The van der Waals surface area contributed by atoms with Crippen molar-refractivity contribution in [3.63, 3.8) is 0 Å². The number of hydrogen-bond acceptors (Lipinski definition) is 7. The van der Waals surface area contributed by atoms with Gasteiger partial charge in [-0.3, -0.25) is 14.2 Å². The zero-order valence-electron chi connectivity index (χ0n) is 16.6. The first kappa shape index (κ1) is 20.7. The SMILES string of the molecule is COc1ccc(Cl)c(-c2noc3ncn(CCC(=O)NCCc4ccco4)c(=O)c23)c1. The molecule has 0 aliphatic rings. The number of benzene rings is 1. The molecule has 3 heterocycles. The van der Waals surface area contributed by atoms with Gasteiger partial charge in [0.25, 0.3) is 11.3 Å². The highest BCUT2D eigenvalue weighted by atomic mass is 35.5. The van der Waals surface area contributed by atoms with E-state index in [1.807, 2.05) is 6.07 Å². The fourth-order valence-electron chi connectivity index (χ4n) is 3.13. The molecule has 4 aromatic rings. The number of hydrogen-bond donors (Lipinski definition) is 1. The topological polar surface area (TPSA) is 112 Å². The molecule has 0 radical (unpaired) electrons. The molecule has 0 spiro atoms. The summed E-state index contributed by atoms with van der Waals surface area (Å²) in [6.45, 7) is 0.605. The molecule has 3 aromatic heterocycles. The van der Waals surface area contributed by atoms with Crippen molar-refractivity contribution in [3.05, 3.63) is 64.1 Å². The first-order valence-corrected chi connectivity index (χ1v) is 9.92. The predicted octanol–water partition coefficient (Wildman–Crippen LogP) is 3.06. The molecule has 4 rings (SSSR count). The second-order valence-electron chi connectivity index (χ2n) is 6.73. The molecular weight excluding hydrogens is 424 g/mol. The van der Waals surface area contributed by atoms with Crippen LogP contribution in [0.2, 0.25) is 5.02 Å². The Kier molecular flexibility index (Phi) is 6.03. The lowest BCUT2D eigenvalue weighted by Crippen LogP contribution is -2.29. The van der Waals surface area contributed by atoms with Gasteiger partial charge in [0.15, 0.2) is 0 Å². The van der Waals surface area contributed by atoms with E-state index in [1.54, 1.807) is 30.5 Å². The molecule has 31 heavy (non-hydrogen) atoms. The van der Waals surface area contributed by atoms with E-state index < -0.39 is 0 Å². The maximum atomic E-state index is 13.0. The van der Waals surface area contributed by atoms with E-state index in [9.17, 15) is 9.59 Å². The van der Waals surface area contributed by atoms with Crippen molar-refractivity contribution >= 4 is 28.6 Å². The van der Waals surface area contributed by atoms with Crippen molar-refractivity contribution in [2.24, 2.45) is 0 Å². The highest BCUT2D eigenvalue weighted by Gasteiger charge is 2.20.